The van der Waals surface area contributed by atoms with Crippen molar-refractivity contribution in [3.05, 3.63) is 11.8 Å². The standard InChI is InChI=1S/C27H40O8/c1-7-13(2)10-31-21-18-9-27-17-8-20(29)23(27)26(18,6)25(30)35-22(21)19(27)12-33-24(17)32-11-14(3)15(4)34-16(5)28/h12-15,17-18,20-24,29H,7-11H2,1-6H3/t13?,14-,15+,17-,18+,20-,21?,22-,23+,24-,26-,27+/m1/s1. The Hall–Kier alpha value is -1.64. The Morgan fingerprint density at radius 2 is 1.97 bits per heavy atom. The van der Waals surface area contributed by atoms with Crippen molar-refractivity contribution in [3.63, 3.8) is 0 Å². The summed E-state index contributed by atoms with van der Waals surface area (Å²) in [4.78, 5) is 24.7. The molecule has 0 aromatic carbocycles. The van der Waals surface area contributed by atoms with Crippen molar-refractivity contribution < 1.29 is 38.4 Å². The molecule has 2 unspecified atom stereocenters. The number of aliphatic hydroxyl groups excluding tert-OH is 1. The van der Waals surface area contributed by atoms with E-state index >= 15 is 0 Å². The third kappa shape index (κ3) is 3.50. The smallest absolute Gasteiger partial charge is 0.313 e. The highest BCUT2D eigenvalue weighted by Gasteiger charge is 2.81. The quantitative estimate of drug-likeness (QED) is 0.490. The molecule has 4 fully saturated rings. The summed E-state index contributed by atoms with van der Waals surface area (Å²) < 4.78 is 30.2. The number of esters is 2. The molecule has 0 amide bonds. The second-order valence-corrected chi connectivity index (χ2v) is 11.9. The molecule has 3 saturated carbocycles. The zero-order valence-corrected chi connectivity index (χ0v) is 21.7. The van der Waals surface area contributed by atoms with E-state index in [1.165, 1.54) is 6.92 Å². The summed E-state index contributed by atoms with van der Waals surface area (Å²) in [5, 5.41) is 11.4. The van der Waals surface area contributed by atoms with Crippen LogP contribution in [0.4, 0.5) is 0 Å². The van der Waals surface area contributed by atoms with Crippen molar-refractivity contribution in [2.45, 2.75) is 91.5 Å². The lowest BCUT2D eigenvalue weighted by Crippen LogP contribution is -2.58. The van der Waals surface area contributed by atoms with Crippen LogP contribution in [0.2, 0.25) is 0 Å². The number of aliphatic hydroxyl groups is 1. The summed E-state index contributed by atoms with van der Waals surface area (Å²) in [6, 6.07) is 0. The first-order chi connectivity index (χ1) is 16.5. The first kappa shape index (κ1) is 25.0. The van der Waals surface area contributed by atoms with Gasteiger partial charge in [0, 0.05) is 48.2 Å². The van der Waals surface area contributed by atoms with Crippen LogP contribution < -0.4 is 0 Å². The van der Waals surface area contributed by atoms with Crippen molar-refractivity contribution in [3.8, 4) is 0 Å². The first-order valence-electron chi connectivity index (χ1n) is 13.2. The van der Waals surface area contributed by atoms with Crippen LogP contribution in [0.3, 0.4) is 0 Å². The number of fused-ring (bicyclic) bond motifs is 3. The van der Waals surface area contributed by atoms with Gasteiger partial charge in [0.05, 0.1) is 24.4 Å². The fourth-order valence-electron chi connectivity index (χ4n) is 7.75. The van der Waals surface area contributed by atoms with E-state index in [1.807, 2.05) is 20.8 Å². The van der Waals surface area contributed by atoms with Gasteiger partial charge in [-0.25, -0.2) is 0 Å². The summed E-state index contributed by atoms with van der Waals surface area (Å²) in [6.45, 7) is 12.5. The summed E-state index contributed by atoms with van der Waals surface area (Å²) >= 11 is 0. The van der Waals surface area contributed by atoms with Gasteiger partial charge in [0.15, 0.2) is 6.10 Å². The molecule has 2 aliphatic heterocycles. The average molecular weight is 493 g/mol. The van der Waals surface area contributed by atoms with Crippen LogP contribution in [0.25, 0.3) is 0 Å². The van der Waals surface area contributed by atoms with Crippen LogP contribution in [0.1, 0.15) is 60.8 Å². The van der Waals surface area contributed by atoms with Crippen LogP contribution in [0.15, 0.2) is 11.8 Å². The molecule has 0 radical (unpaired) electrons. The fourth-order valence-corrected chi connectivity index (χ4v) is 7.75. The summed E-state index contributed by atoms with van der Waals surface area (Å²) in [5.41, 5.74) is -0.260. The van der Waals surface area contributed by atoms with E-state index in [0.29, 0.717) is 25.6 Å². The van der Waals surface area contributed by atoms with Crippen LogP contribution >= 0.6 is 0 Å². The van der Waals surface area contributed by atoms with Gasteiger partial charge >= 0.3 is 11.9 Å². The molecule has 1 N–H and O–H groups in total. The van der Waals surface area contributed by atoms with Gasteiger partial charge in [-0.2, -0.15) is 0 Å². The molecule has 2 heterocycles. The predicted octanol–water partition coefficient (Wildman–Crippen LogP) is 3.21. The molecule has 5 rings (SSSR count). The van der Waals surface area contributed by atoms with Gasteiger partial charge in [0.1, 0.15) is 12.2 Å². The molecular formula is C27H40O8. The number of ether oxygens (including phenoxy) is 5. The monoisotopic (exact) mass is 492 g/mol. The van der Waals surface area contributed by atoms with E-state index in [0.717, 1.165) is 18.4 Å². The van der Waals surface area contributed by atoms with Gasteiger partial charge in [-0.3, -0.25) is 9.59 Å². The summed E-state index contributed by atoms with van der Waals surface area (Å²) in [6.07, 6.45) is 1.85. The Kier molecular flexibility index (Phi) is 6.25. The summed E-state index contributed by atoms with van der Waals surface area (Å²) in [5.74, 6) is -0.503. The van der Waals surface area contributed by atoms with Gasteiger partial charge in [-0.05, 0) is 32.6 Å². The van der Waals surface area contributed by atoms with Crippen LogP contribution in [0.5, 0.6) is 0 Å². The third-order valence-electron chi connectivity index (χ3n) is 9.89. The van der Waals surface area contributed by atoms with Crippen LogP contribution in [-0.2, 0) is 33.3 Å². The molecule has 3 bridgehead atoms. The lowest BCUT2D eigenvalue weighted by Gasteiger charge is -2.51. The maximum Gasteiger partial charge on any atom is 0.313 e. The second-order valence-electron chi connectivity index (χ2n) is 11.9. The Labute approximate surface area is 207 Å². The maximum atomic E-state index is 13.4. The van der Waals surface area contributed by atoms with Crippen molar-refractivity contribution >= 4 is 11.9 Å². The highest BCUT2D eigenvalue weighted by atomic mass is 16.7. The molecule has 35 heavy (non-hydrogen) atoms. The minimum absolute atomic E-state index is 0.0148. The van der Waals surface area contributed by atoms with Gasteiger partial charge < -0.3 is 28.8 Å². The van der Waals surface area contributed by atoms with Crippen molar-refractivity contribution in [1.82, 2.24) is 0 Å². The van der Waals surface area contributed by atoms with E-state index in [4.69, 9.17) is 23.7 Å². The number of hydrogen-bond donors (Lipinski definition) is 1. The molecule has 3 aliphatic carbocycles. The minimum Gasteiger partial charge on any atom is -0.472 e. The molecule has 0 aromatic rings. The van der Waals surface area contributed by atoms with E-state index in [1.54, 1.807) is 6.26 Å². The molecule has 12 atom stereocenters. The third-order valence-corrected chi connectivity index (χ3v) is 9.89. The number of rotatable bonds is 9. The largest absolute Gasteiger partial charge is 0.472 e. The van der Waals surface area contributed by atoms with E-state index in [2.05, 4.69) is 13.8 Å². The first-order valence-corrected chi connectivity index (χ1v) is 13.2. The Bertz CT molecular complexity index is 902. The Morgan fingerprint density at radius 1 is 1.23 bits per heavy atom. The molecule has 1 spiro atoms. The molecule has 5 aliphatic rings. The zero-order chi connectivity index (χ0) is 25.3. The SMILES string of the molecule is CCC(C)COC1[C@@H]2OC(=O)[C@]3(C)[C@H]1C[C@@]14C2=CO[C@@H](OC[C@@H](C)[C@H](C)OC(C)=O)[C@H]1C[C@@H](O)[C@@H]34. The molecule has 8 heteroatoms. The lowest BCUT2D eigenvalue weighted by molar-refractivity contribution is -0.212. The Balaban J connectivity index is 1.43. The predicted molar refractivity (Wildman–Crippen MR) is 125 cm³/mol. The maximum absolute atomic E-state index is 13.4. The zero-order valence-electron chi connectivity index (χ0n) is 21.7. The lowest BCUT2D eigenvalue weighted by atomic mass is 9.61. The van der Waals surface area contributed by atoms with Crippen LogP contribution in [-0.4, -0.2) is 61.0 Å². The van der Waals surface area contributed by atoms with Gasteiger partial charge in [0.25, 0.3) is 0 Å². The molecule has 1 saturated heterocycles. The number of carbonyl (C=O) groups excluding carboxylic acids is 2. The minimum atomic E-state index is -0.806. The second kappa shape index (κ2) is 8.73. The molecule has 196 valence electrons. The Morgan fingerprint density at radius 3 is 2.66 bits per heavy atom. The average Bonchev–Trinajstić information content (AvgIpc) is 3.21. The van der Waals surface area contributed by atoms with Gasteiger partial charge in [-0.15, -0.1) is 0 Å². The molecule has 8 nitrogen and oxygen atoms in total. The highest BCUT2D eigenvalue weighted by Crippen LogP contribution is 2.77. The number of carbonyl (C=O) groups is 2. The van der Waals surface area contributed by atoms with Crippen molar-refractivity contribution in [2.24, 2.45) is 40.4 Å². The highest BCUT2D eigenvalue weighted by molar-refractivity contribution is 5.82. The summed E-state index contributed by atoms with van der Waals surface area (Å²) in [7, 11) is 0. The van der Waals surface area contributed by atoms with E-state index in [-0.39, 0.29) is 47.8 Å². The van der Waals surface area contributed by atoms with Gasteiger partial charge in [0.2, 0.25) is 6.29 Å². The van der Waals surface area contributed by atoms with Crippen LogP contribution in [0, 0.1) is 40.4 Å². The molecule has 0 aromatic heterocycles. The fraction of sp³-hybridized carbons (Fsp3) is 0.852. The normalized spacial score (nSPS) is 45.2. The van der Waals surface area contributed by atoms with Gasteiger partial charge in [-0.1, -0.05) is 27.2 Å². The molecular weight excluding hydrogens is 452 g/mol. The van der Waals surface area contributed by atoms with Crippen molar-refractivity contribution in [1.29, 1.82) is 0 Å². The van der Waals surface area contributed by atoms with E-state index in [9.17, 15) is 14.7 Å². The van der Waals surface area contributed by atoms with E-state index < -0.39 is 29.3 Å². The topological polar surface area (TPSA) is 101 Å². The van der Waals surface area contributed by atoms with Crippen molar-refractivity contribution in [2.75, 3.05) is 13.2 Å². The number of hydrogen-bond acceptors (Lipinski definition) is 8.